The molecule has 0 spiro atoms. The van der Waals surface area contributed by atoms with Gasteiger partial charge in [0.1, 0.15) is 0 Å². The zero-order valence-corrected chi connectivity index (χ0v) is 12.2. The number of hydrogen-bond acceptors (Lipinski definition) is 2. The summed E-state index contributed by atoms with van der Waals surface area (Å²) in [6.07, 6.45) is 7.57. The van der Waals surface area contributed by atoms with Crippen molar-refractivity contribution in [1.29, 1.82) is 0 Å². The fraction of sp³-hybridized carbons (Fsp3) is 0.529. The first-order valence-corrected chi connectivity index (χ1v) is 8.23. The van der Waals surface area contributed by atoms with Gasteiger partial charge in [0.25, 0.3) is 0 Å². The van der Waals surface area contributed by atoms with Gasteiger partial charge in [-0.15, -0.1) is 0 Å². The van der Waals surface area contributed by atoms with Gasteiger partial charge in [0, 0.05) is 23.0 Å². The van der Waals surface area contributed by atoms with Crippen molar-refractivity contribution < 1.29 is 5.11 Å². The summed E-state index contributed by atoms with van der Waals surface area (Å²) in [6.45, 7) is 0.143. The van der Waals surface area contributed by atoms with Gasteiger partial charge in [-0.2, -0.15) is 11.8 Å². The van der Waals surface area contributed by atoms with E-state index >= 15 is 0 Å². The van der Waals surface area contributed by atoms with Crippen LogP contribution in [0.4, 0.5) is 0 Å². The molecule has 1 aromatic carbocycles. The lowest BCUT2D eigenvalue weighted by atomic mass is 10.0. The minimum absolute atomic E-state index is 0.143. The highest BCUT2D eigenvalue weighted by Crippen LogP contribution is 2.30. The number of aliphatic hydroxyl groups excluding tert-OH is 1. The summed E-state index contributed by atoms with van der Waals surface area (Å²) in [5.41, 5.74) is 2.43. The van der Waals surface area contributed by atoms with Crippen molar-refractivity contribution in [2.45, 2.75) is 49.5 Å². The number of rotatable bonds is 4. The maximum Gasteiger partial charge on any atom is 0.0540 e. The minimum atomic E-state index is 0.143. The van der Waals surface area contributed by atoms with Crippen molar-refractivity contribution >= 4 is 11.8 Å². The standard InChI is InChI=1S/C17H22OS/c18-12-5-4-7-15-8-6-9-16(13-15)14-19-17-10-2-1-3-11-17/h6,8-9,13,17-18H,1-3,5,10-12,14H2. The van der Waals surface area contributed by atoms with Crippen LogP contribution in [0, 0.1) is 11.8 Å². The van der Waals surface area contributed by atoms with Crippen molar-refractivity contribution in [3.8, 4) is 11.8 Å². The van der Waals surface area contributed by atoms with Crippen LogP contribution >= 0.6 is 11.8 Å². The molecule has 0 bridgehead atoms. The summed E-state index contributed by atoms with van der Waals surface area (Å²) in [5.74, 6) is 7.18. The second-order valence-corrected chi connectivity index (χ2v) is 6.34. The van der Waals surface area contributed by atoms with Crippen LogP contribution in [-0.2, 0) is 5.75 Å². The van der Waals surface area contributed by atoms with Gasteiger partial charge in [0.2, 0.25) is 0 Å². The van der Waals surface area contributed by atoms with Gasteiger partial charge in [-0.05, 0) is 30.5 Å². The van der Waals surface area contributed by atoms with Crippen LogP contribution < -0.4 is 0 Å². The number of thioether (sulfide) groups is 1. The Hall–Kier alpha value is -0.910. The summed E-state index contributed by atoms with van der Waals surface area (Å²) in [6, 6.07) is 8.49. The Morgan fingerprint density at radius 3 is 2.84 bits per heavy atom. The van der Waals surface area contributed by atoms with E-state index in [-0.39, 0.29) is 6.61 Å². The zero-order valence-electron chi connectivity index (χ0n) is 11.4. The van der Waals surface area contributed by atoms with Gasteiger partial charge in [-0.25, -0.2) is 0 Å². The fourth-order valence-corrected chi connectivity index (χ4v) is 3.68. The van der Waals surface area contributed by atoms with E-state index in [9.17, 15) is 0 Å². The molecule has 0 radical (unpaired) electrons. The molecule has 0 saturated heterocycles. The zero-order chi connectivity index (χ0) is 13.3. The van der Waals surface area contributed by atoms with Gasteiger partial charge in [0.05, 0.1) is 6.61 Å². The SMILES string of the molecule is OCCC#Cc1cccc(CSC2CCCCC2)c1. The molecular formula is C17H22OS. The van der Waals surface area contributed by atoms with Crippen molar-refractivity contribution in [1.82, 2.24) is 0 Å². The molecule has 1 fully saturated rings. The third kappa shape index (κ3) is 5.30. The van der Waals surface area contributed by atoms with Crippen LogP contribution in [0.3, 0.4) is 0 Å². The molecule has 2 heteroatoms. The minimum Gasteiger partial charge on any atom is -0.395 e. The molecule has 1 saturated carbocycles. The fourth-order valence-electron chi connectivity index (χ4n) is 2.41. The van der Waals surface area contributed by atoms with E-state index < -0.39 is 0 Å². The summed E-state index contributed by atoms with van der Waals surface area (Å²) in [4.78, 5) is 0. The smallest absolute Gasteiger partial charge is 0.0540 e. The number of benzene rings is 1. The van der Waals surface area contributed by atoms with Crippen molar-refractivity contribution in [3.05, 3.63) is 35.4 Å². The Bertz CT molecular complexity index is 438. The van der Waals surface area contributed by atoms with Crippen molar-refractivity contribution in [2.75, 3.05) is 6.61 Å². The third-order valence-corrected chi connectivity index (χ3v) is 4.88. The second kappa shape index (κ2) is 8.30. The molecule has 0 heterocycles. The Balaban J connectivity index is 1.86. The Morgan fingerprint density at radius 1 is 1.21 bits per heavy atom. The van der Waals surface area contributed by atoms with Gasteiger partial charge >= 0.3 is 0 Å². The highest BCUT2D eigenvalue weighted by atomic mass is 32.2. The summed E-state index contributed by atoms with van der Waals surface area (Å²) in [7, 11) is 0. The molecule has 1 aliphatic carbocycles. The third-order valence-electron chi connectivity index (χ3n) is 3.43. The molecule has 0 amide bonds. The molecule has 102 valence electrons. The van der Waals surface area contributed by atoms with E-state index in [1.54, 1.807) is 0 Å². The lowest BCUT2D eigenvalue weighted by molar-refractivity contribution is 0.305. The van der Waals surface area contributed by atoms with Crippen LogP contribution in [0.5, 0.6) is 0 Å². The highest BCUT2D eigenvalue weighted by molar-refractivity contribution is 7.99. The molecular weight excluding hydrogens is 252 g/mol. The van der Waals surface area contributed by atoms with Crippen LogP contribution in [-0.4, -0.2) is 17.0 Å². The van der Waals surface area contributed by atoms with Gasteiger partial charge < -0.3 is 5.11 Å². The van der Waals surface area contributed by atoms with E-state index in [4.69, 9.17) is 5.11 Å². The molecule has 0 aliphatic heterocycles. The molecule has 0 atom stereocenters. The van der Waals surface area contributed by atoms with Crippen molar-refractivity contribution in [2.24, 2.45) is 0 Å². The lowest BCUT2D eigenvalue weighted by Crippen LogP contribution is -2.08. The first-order valence-electron chi connectivity index (χ1n) is 7.19. The first-order chi connectivity index (χ1) is 9.38. The molecule has 0 aromatic heterocycles. The largest absolute Gasteiger partial charge is 0.395 e. The number of hydrogen-bond donors (Lipinski definition) is 1. The average Bonchev–Trinajstić information content (AvgIpc) is 2.47. The predicted octanol–water partition coefficient (Wildman–Crippen LogP) is 3.99. The quantitative estimate of drug-likeness (QED) is 0.838. The normalized spacial score (nSPS) is 15.8. The van der Waals surface area contributed by atoms with E-state index in [0.29, 0.717) is 6.42 Å². The van der Waals surface area contributed by atoms with Gasteiger partial charge in [-0.3, -0.25) is 0 Å². The van der Waals surface area contributed by atoms with Crippen LogP contribution in [0.1, 0.15) is 49.7 Å². The molecule has 1 aliphatic rings. The maximum absolute atomic E-state index is 8.72. The Kier molecular flexibility index (Phi) is 6.33. The van der Waals surface area contributed by atoms with Gasteiger partial charge in [0.15, 0.2) is 0 Å². The van der Waals surface area contributed by atoms with E-state index in [2.05, 4.69) is 41.8 Å². The first kappa shape index (κ1) is 14.5. The molecule has 1 aromatic rings. The lowest BCUT2D eigenvalue weighted by Gasteiger charge is -2.20. The monoisotopic (exact) mass is 274 g/mol. The van der Waals surface area contributed by atoms with E-state index in [1.165, 1.54) is 37.7 Å². The number of aliphatic hydroxyl groups is 1. The molecule has 0 unspecified atom stereocenters. The second-order valence-electron chi connectivity index (χ2n) is 5.05. The Labute approximate surface area is 120 Å². The van der Waals surface area contributed by atoms with Crippen LogP contribution in [0.25, 0.3) is 0 Å². The Morgan fingerprint density at radius 2 is 2.05 bits per heavy atom. The van der Waals surface area contributed by atoms with E-state index in [0.717, 1.165) is 16.6 Å². The predicted molar refractivity (Wildman–Crippen MR) is 83.2 cm³/mol. The van der Waals surface area contributed by atoms with E-state index in [1.807, 2.05) is 6.07 Å². The summed E-state index contributed by atoms with van der Waals surface area (Å²) < 4.78 is 0. The van der Waals surface area contributed by atoms with Crippen molar-refractivity contribution in [3.63, 3.8) is 0 Å². The molecule has 2 rings (SSSR count). The molecule has 1 nitrogen and oxygen atoms in total. The maximum atomic E-state index is 8.72. The summed E-state index contributed by atoms with van der Waals surface area (Å²) >= 11 is 2.10. The highest BCUT2D eigenvalue weighted by Gasteiger charge is 2.13. The molecule has 1 N–H and O–H groups in total. The molecule has 19 heavy (non-hydrogen) atoms. The van der Waals surface area contributed by atoms with Gasteiger partial charge in [-0.1, -0.05) is 43.2 Å². The topological polar surface area (TPSA) is 20.2 Å². The summed E-state index contributed by atoms with van der Waals surface area (Å²) in [5, 5.41) is 9.58. The average molecular weight is 274 g/mol. The van der Waals surface area contributed by atoms with Crippen LogP contribution in [0.15, 0.2) is 24.3 Å². The van der Waals surface area contributed by atoms with Crippen LogP contribution in [0.2, 0.25) is 0 Å².